The van der Waals surface area contributed by atoms with Gasteiger partial charge in [-0.2, -0.15) is 17.5 Å². The fourth-order valence-corrected chi connectivity index (χ4v) is 7.51. The van der Waals surface area contributed by atoms with Crippen LogP contribution in [0.15, 0.2) is 36.7 Å². The molecule has 0 atom stereocenters. The third kappa shape index (κ3) is 7.75. The maximum absolute atomic E-state index is 12.5. The third-order valence-corrected chi connectivity index (χ3v) is 10.2. The Balaban J connectivity index is 1.15. The summed E-state index contributed by atoms with van der Waals surface area (Å²) in [5, 5.41) is 0.629. The van der Waals surface area contributed by atoms with Crippen LogP contribution >= 0.6 is 11.3 Å². The van der Waals surface area contributed by atoms with Gasteiger partial charge in [0.05, 0.1) is 16.0 Å². The molecule has 8 nitrogen and oxygen atoms in total. The van der Waals surface area contributed by atoms with E-state index in [1.165, 1.54) is 15.6 Å². The standard InChI is InChI=1S/C28H34F3N5O3S2/c1-2-4-20-18-32-26(33-19-20)35-12-9-23(10-13-35)39-27-34-24-6-5-22(17-25(24)40-27)21-7-14-36(15-8-21)41(37,38)16-3-11-28(29,30)31/h5-7,17-19,23H,2-4,8-16H2,1H3. The van der Waals surface area contributed by atoms with E-state index in [2.05, 4.69) is 26.8 Å². The molecule has 1 fully saturated rings. The van der Waals surface area contributed by atoms with Gasteiger partial charge in [-0.25, -0.2) is 23.4 Å². The number of anilines is 1. The monoisotopic (exact) mass is 609 g/mol. The fourth-order valence-electron chi connectivity index (χ4n) is 5.15. The molecule has 0 spiro atoms. The first-order valence-electron chi connectivity index (χ1n) is 14.0. The molecule has 3 aromatic rings. The van der Waals surface area contributed by atoms with Crippen LogP contribution in [-0.4, -0.2) is 71.9 Å². The minimum atomic E-state index is -4.35. The number of hydrogen-bond acceptors (Lipinski definition) is 8. The van der Waals surface area contributed by atoms with Crippen molar-refractivity contribution in [2.24, 2.45) is 0 Å². The Morgan fingerprint density at radius 2 is 1.88 bits per heavy atom. The van der Waals surface area contributed by atoms with Gasteiger partial charge in [0.2, 0.25) is 16.0 Å². The Morgan fingerprint density at radius 3 is 2.54 bits per heavy atom. The molecule has 222 valence electrons. The number of rotatable bonds is 10. The van der Waals surface area contributed by atoms with Crippen molar-refractivity contribution in [2.45, 2.75) is 64.1 Å². The van der Waals surface area contributed by atoms with Crippen molar-refractivity contribution < 1.29 is 26.3 Å². The number of fused-ring (bicyclic) bond motifs is 1. The van der Waals surface area contributed by atoms with Crippen molar-refractivity contribution in [1.29, 1.82) is 0 Å². The lowest BCUT2D eigenvalue weighted by Gasteiger charge is -2.31. The molecule has 1 aromatic carbocycles. The second-order valence-electron chi connectivity index (χ2n) is 10.5. The quantitative estimate of drug-likeness (QED) is 0.285. The summed E-state index contributed by atoms with van der Waals surface area (Å²) < 4.78 is 70.7. The van der Waals surface area contributed by atoms with Crippen LogP contribution in [0.2, 0.25) is 0 Å². The molecule has 0 aliphatic carbocycles. The zero-order valence-electron chi connectivity index (χ0n) is 22.9. The van der Waals surface area contributed by atoms with Crippen LogP contribution in [0.4, 0.5) is 19.1 Å². The maximum Gasteiger partial charge on any atom is 0.389 e. The molecule has 0 amide bonds. The molecule has 4 heterocycles. The van der Waals surface area contributed by atoms with Gasteiger partial charge in [0.1, 0.15) is 6.10 Å². The number of alkyl halides is 3. The van der Waals surface area contributed by atoms with Gasteiger partial charge < -0.3 is 9.64 Å². The number of sulfonamides is 1. The predicted octanol–water partition coefficient (Wildman–Crippen LogP) is 5.85. The number of thiazole rings is 1. The number of ether oxygens (including phenoxy) is 1. The van der Waals surface area contributed by atoms with Crippen molar-refractivity contribution in [2.75, 3.05) is 36.8 Å². The van der Waals surface area contributed by atoms with Gasteiger partial charge in [-0.3, -0.25) is 0 Å². The van der Waals surface area contributed by atoms with Crippen LogP contribution in [0.1, 0.15) is 56.6 Å². The van der Waals surface area contributed by atoms with E-state index in [-0.39, 0.29) is 19.2 Å². The van der Waals surface area contributed by atoms with E-state index < -0.39 is 34.8 Å². The Labute approximate surface area is 242 Å². The zero-order chi connectivity index (χ0) is 29.0. The molecule has 5 rings (SSSR count). The van der Waals surface area contributed by atoms with E-state index in [0.29, 0.717) is 11.6 Å². The van der Waals surface area contributed by atoms with Crippen LogP contribution in [0.25, 0.3) is 15.8 Å². The minimum Gasteiger partial charge on any atom is -0.467 e. The first kappa shape index (κ1) is 29.7. The molecule has 2 aliphatic rings. The second kappa shape index (κ2) is 12.6. The lowest BCUT2D eigenvalue weighted by Crippen LogP contribution is -2.39. The highest BCUT2D eigenvalue weighted by Crippen LogP contribution is 2.34. The van der Waals surface area contributed by atoms with E-state index in [1.54, 1.807) is 0 Å². The maximum atomic E-state index is 12.5. The molecule has 41 heavy (non-hydrogen) atoms. The normalized spacial score (nSPS) is 17.7. The van der Waals surface area contributed by atoms with Crippen molar-refractivity contribution >= 4 is 43.1 Å². The molecular weight excluding hydrogens is 575 g/mol. The van der Waals surface area contributed by atoms with E-state index in [0.717, 1.165) is 71.6 Å². The topological polar surface area (TPSA) is 88.5 Å². The Hall–Kier alpha value is -2.77. The smallest absolute Gasteiger partial charge is 0.389 e. The van der Waals surface area contributed by atoms with E-state index in [1.807, 2.05) is 36.7 Å². The molecule has 2 aliphatic heterocycles. The van der Waals surface area contributed by atoms with Gasteiger partial charge in [-0.05, 0) is 48.1 Å². The van der Waals surface area contributed by atoms with E-state index in [4.69, 9.17) is 4.74 Å². The lowest BCUT2D eigenvalue weighted by atomic mass is 10.0. The Kier molecular flexibility index (Phi) is 9.15. The highest BCUT2D eigenvalue weighted by atomic mass is 32.2. The highest BCUT2D eigenvalue weighted by molar-refractivity contribution is 7.89. The number of aromatic nitrogens is 3. The number of nitrogens with zero attached hydrogens (tertiary/aromatic N) is 5. The van der Waals surface area contributed by atoms with Crippen molar-refractivity contribution in [3.8, 4) is 5.19 Å². The predicted molar refractivity (Wildman–Crippen MR) is 155 cm³/mol. The van der Waals surface area contributed by atoms with Gasteiger partial charge >= 0.3 is 6.18 Å². The summed E-state index contributed by atoms with van der Waals surface area (Å²) in [6.07, 6.45) is 4.12. The first-order chi connectivity index (χ1) is 19.6. The first-order valence-corrected chi connectivity index (χ1v) is 16.4. The fraction of sp³-hybridized carbons (Fsp3) is 0.536. The van der Waals surface area contributed by atoms with Crippen LogP contribution in [0.3, 0.4) is 0 Å². The Morgan fingerprint density at radius 1 is 1.12 bits per heavy atom. The number of benzene rings is 1. The van der Waals surface area contributed by atoms with Crippen LogP contribution in [0, 0.1) is 0 Å². The average molecular weight is 610 g/mol. The number of hydrogen-bond donors (Lipinski definition) is 0. The lowest BCUT2D eigenvalue weighted by molar-refractivity contribution is -0.134. The van der Waals surface area contributed by atoms with Gasteiger partial charge in [0.25, 0.3) is 5.19 Å². The molecule has 13 heteroatoms. The van der Waals surface area contributed by atoms with Crippen LogP contribution < -0.4 is 9.64 Å². The molecule has 0 N–H and O–H groups in total. The zero-order valence-corrected chi connectivity index (χ0v) is 24.6. The molecule has 2 aromatic heterocycles. The summed E-state index contributed by atoms with van der Waals surface area (Å²) in [6.45, 7) is 4.18. The summed E-state index contributed by atoms with van der Waals surface area (Å²) in [6, 6.07) is 5.95. The highest BCUT2D eigenvalue weighted by Gasteiger charge is 2.30. The molecule has 0 bridgehead atoms. The van der Waals surface area contributed by atoms with E-state index in [9.17, 15) is 21.6 Å². The number of halogens is 3. The Bertz CT molecular complexity index is 1470. The summed E-state index contributed by atoms with van der Waals surface area (Å²) in [5.74, 6) is 0.263. The van der Waals surface area contributed by atoms with Gasteiger partial charge in [0, 0.05) is 57.8 Å². The van der Waals surface area contributed by atoms with Crippen molar-refractivity contribution in [3.63, 3.8) is 0 Å². The summed E-state index contributed by atoms with van der Waals surface area (Å²) >= 11 is 1.49. The molecular formula is C28H34F3N5O3S2. The molecule has 1 saturated heterocycles. The molecule has 0 radical (unpaired) electrons. The van der Waals surface area contributed by atoms with Crippen molar-refractivity contribution in [1.82, 2.24) is 19.3 Å². The molecule has 0 unspecified atom stereocenters. The van der Waals surface area contributed by atoms with Crippen LogP contribution in [-0.2, 0) is 16.4 Å². The van der Waals surface area contributed by atoms with Gasteiger partial charge in [-0.1, -0.05) is 36.8 Å². The second-order valence-corrected chi connectivity index (χ2v) is 13.6. The SMILES string of the molecule is CCCc1cnc(N2CCC(Oc3nc4ccc(C5=CCN(S(=O)(=O)CCCC(F)(F)F)CC5)cc4s3)CC2)nc1. The third-order valence-electron chi connectivity index (χ3n) is 7.39. The molecule has 0 saturated carbocycles. The van der Waals surface area contributed by atoms with Crippen molar-refractivity contribution in [3.05, 3.63) is 47.8 Å². The largest absolute Gasteiger partial charge is 0.467 e. The summed E-state index contributed by atoms with van der Waals surface area (Å²) in [7, 11) is -3.73. The number of aryl methyl sites for hydroxylation is 1. The van der Waals surface area contributed by atoms with Gasteiger partial charge in [-0.15, -0.1) is 0 Å². The number of piperidine rings is 1. The minimum absolute atomic E-state index is 0.0655. The average Bonchev–Trinajstić information content (AvgIpc) is 3.35. The summed E-state index contributed by atoms with van der Waals surface area (Å²) in [4.78, 5) is 15.9. The van der Waals surface area contributed by atoms with Crippen LogP contribution in [0.5, 0.6) is 5.19 Å². The van der Waals surface area contributed by atoms with Gasteiger partial charge in [0.15, 0.2) is 0 Å². The summed E-state index contributed by atoms with van der Waals surface area (Å²) in [5.41, 5.74) is 4.00. The van der Waals surface area contributed by atoms with E-state index >= 15 is 0 Å².